The van der Waals surface area contributed by atoms with E-state index in [9.17, 15) is 4.79 Å². The first-order valence-electron chi connectivity index (χ1n) is 11.4. The maximum absolute atomic E-state index is 13.7. The van der Waals surface area contributed by atoms with E-state index in [2.05, 4.69) is 27.2 Å². The molecule has 1 amide bonds. The predicted octanol–water partition coefficient (Wildman–Crippen LogP) is 4.88. The van der Waals surface area contributed by atoms with Crippen molar-refractivity contribution >= 4 is 34.1 Å². The Hall–Kier alpha value is -3.32. The minimum Gasteiger partial charge on any atom is -0.352 e. The molecule has 0 spiro atoms. The minimum absolute atomic E-state index is 0.0313. The summed E-state index contributed by atoms with van der Waals surface area (Å²) in [4.78, 5) is 30.5. The van der Waals surface area contributed by atoms with Crippen LogP contribution in [0.4, 0.5) is 5.95 Å². The van der Waals surface area contributed by atoms with Crippen LogP contribution in [0.5, 0.6) is 0 Å². The highest BCUT2D eigenvalue weighted by Crippen LogP contribution is 2.55. The zero-order valence-corrected chi connectivity index (χ0v) is 19.4. The van der Waals surface area contributed by atoms with Crippen LogP contribution in [0.25, 0.3) is 21.3 Å². The fraction of sp³-hybridized carbons (Fsp3) is 0.308. The molecule has 2 aromatic carbocycles. The first kappa shape index (κ1) is 20.3. The molecule has 33 heavy (non-hydrogen) atoms. The smallest absolute Gasteiger partial charge is 0.274 e. The molecule has 1 aliphatic heterocycles. The van der Waals surface area contributed by atoms with E-state index in [-0.39, 0.29) is 11.9 Å². The Balaban J connectivity index is 1.25. The second-order valence-electron chi connectivity index (χ2n) is 9.04. The van der Waals surface area contributed by atoms with E-state index in [0.717, 1.165) is 32.9 Å². The molecule has 6 nitrogen and oxygen atoms in total. The molecule has 6 rings (SSSR count). The Bertz CT molecular complexity index is 1340. The highest BCUT2D eigenvalue weighted by Gasteiger charge is 2.60. The molecule has 2 fully saturated rings. The zero-order valence-electron chi connectivity index (χ0n) is 18.6. The Labute approximate surface area is 196 Å². The Morgan fingerprint density at radius 1 is 1.12 bits per heavy atom. The van der Waals surface area contributed by atoms with Gasteiger partial charge in [-0.25, -0.2) is 15.0 Å². The number of thiazole rings is 1. The number of anilines is 1. The van der Waals surface area contributed by atoms with E-state index in [4.69, 9.17) is 0 Å². The normalized spacial score (nSPS) is 23.5. The minimum atomic E-state index is 0.0313. The van der Waals surface area contributed by atoms with Gasteiger partial charge in [-0.15, -0.1) is 11.3 Å². The number of piperidine rings is 1. The number of rotatable bonds is 5. The highest BCUT2D eigenvalue weighted by atomic mass is 32.1. The second-order valence-corrected chi connectivity index (χ2v) is 10.2. The average molecular weight is 456 g/mol. The number of nitrogens with zero attached hydrogens (tertiary/aromatic N) is 4. The van der Waals surface area contributed by atoms with Gasteiger partial charge in [-0.05, 0) is 36.3 Å². The fourth-order valence-corrected chi connectivity index (χ4v) is 6.22. The SMILES string of the molecule is Cc1nc(C(=O)N2CC3C(C2CNc2ncc4ccccc4n2)[C@@H]3C)c(-c2ccccc2)s1. The summed E-state index contributed by atoms with van der Waals surface area (Å²) in [5, 5.41) is 5.34. The first-order chi connectivity index (χ1) is 16.1. The summed E-state index contributed by atoms with van der Waals surface area (Å²) in [6, 6.07) is 18.2. The standard InChI is InChI=1S/C26H25N5OS/c1-15-19-14-31(25(32)23-24(33-16(2)29-23)17-8-4-3-5-9-17)21(22(15)19)13-28-26-27-12-18-10-6-7-11-20(18)30-26/h3-12,15,19,21-22H,13-14H2,1-2H3,(H,27,28,30)/t15-,19?,21?,22?/m1/s1. The van der Waals surface area contributed by atoms with Crippen molar-refractivity contribution < 1.29 is 4.79 Å². The summed E-state index contributed by atoms with van der Waals surface area (Å²) in [5.74, 6) is 2.36. The maximum atomic E-state index is 13.7. The van der Waals surface area contributed by atoms with Crippen molar-refractivity contribution in [3.63, 3.8) is 0 Å². The van der Waals surface area contributed by atoms with Crippen LogP contribution >= 0.6 is 11.3 Å². The molecule has 0 bridgehead atoms. The molecule has 0 radical (unpaired) electrons. The van der Waals surface area contributed by atoms with E-state index < -0.39 is 0 Å². The molecule has 1 N–H and O–H groups in total. The van der Waals surface area contributed by atoms with Gasteiger partial charge >= 0.3 is 0 Å². The van der Waals surface area contributed by atoms with Crippen LogP contribution in [0.1, 0.15) is 22.4 Å². The molecule has 1 saturated heterocycles. The molecule has 4 atom stereocenters. The van der Waals surface area contributed by atoms with Gasteiger partial charge in [-0.2, -0.15) is 0 Å². The molecular weight excluding hydrogens is 430 g/mol. The number of amides is 1. The van der Waals surface area contributed by atoms with Gasteiger partial charge < -0.3 is 10.2 Å². The summed E-state index contributed by atoms with van der Waals surface area (Å²) >= 11 is 1.59. The number of aryl methyl sites for hydroxylation is 1. The third kappa shape index (κ3) is 3.56. The predicted molar refractivity (Wildman–Crippen MR) is 131 cm³/mol. The Morgan fingerprint density at radius 2 is 1.91 bits per heavy atom. The maximum Gasteiger partial charge on any atom is 0.274 e. The van der Waals surface area contributed by atoms with E-state index in [1.54, 1.807) is 11.3 Å². The molecular formula is C26H25N5OS. The van der Waals surface area contributed by atoms with Crippen LogP contribution in [0, 0.1) is 24.7 Å². The van der Waals surface area contributed by atoms with Gasteiger partial charge in [0.15, 0.2) is 0 Å². The molecule has 1 saturated carbocycles. The summed E-state index contributed by atoms with van der Waals surface area (Å²) in [7, 11) is 0. The van der Waals surface area contributed by atoms with Gasteiger partial charge in [0, 0.05) is 24.7 Å². The molecule has 7 heteroatoms. The molecule has 2 aliphatic rings. The lowest BCUT2D eigenvalue weighted by Gasteiger charge is -2.28. The van der Waals surface area contributed by atoms with E-state index in [1.165, 1.54) is 0 Å². The van der Waals surface area contributed by atoms with E-state index >= 15 is 0 Å². The van der Waals surface area contributed by atoms with Crippen molar-refractivity contribution in [2.45, 2.75) is 19.9 Å². The van der Waals surface area contributed by atoms with Gasteiger partial charge in [0.2, 0.25) is 5.95 Å². The van der Waals surface area contributed by atoms with E-state index in [1.807, 2.05) is 72.6 Å². The second kappa shape index (κ2) is 7.92. The molecule has 1 aliphatic carbocycles. The van der Waals surface area contributed by atoms with Crippen LogP contribution in [0.2, 0.25) is 0 Å². The third-order valence-corrected chi connectivity index (χ3v) is 8.10. The molecule has 166 valence electrons. The van der Waals surface area contributed by atoms with Gasteiger partial charge in [0.1, 0.15) is 5.69 Å². The van der Waals surface area contributed by atoms with E-state index in [0.29, 0.717) is 35.9 Å². The lowest BCUT2D eigenvalue weighted by atomic mass is 10.1. The number of fused-ring (bicyclic) bond motifs is 2. The number of hydrogen-bond donors (Lipinski definition) is 1. The summed E-state index contributed by atoms with van der Waals surface area (Å²) in [6.07, 6.45) is 1.84. The van der Waals surface area contributed by atoms with Crippen molar-refractivity contribution in [2.75, 3.05) is 18.4 Å². The molecule has 3 unspecified atom stereocenters. The van der Waals surface area contributed by atoms with Crippen LogP contribution < -0.4 is 5.32 Å². The topological polar surface area (TPSA) is 71.0 Å². The van der Waals surface area contributed by atoms with Gasteiger partial charge in [0.05, 0.1) is 21.4 Å². The van der Waals surface area contributed by atoms with Gasteiger partial charge in [-0.1, -0.05) is 55.5 Å². The summed E-state index contributed by atoms with van der Waals surface area (Å²) in [5.41, 5.74) is 2.53. The third-order valence-electron chi connectivity index (χ3n) is 7.08. The van der Waals surface area contributed by atoms with Crippen molar-refractivity contribution in [1.82, 2.24) is 19.9 Å². The number of carbonyl (C=O) groups is 1. The van der Waals surface area contributed by atoms with Crippen molar-refractivity contribution in [3.8, 4) is 10.4 Å². The lowest BCUT2D eigenvalue weighted by molar-refractivity contribution is 0.0700. The number of benzene rings is 2. The van der Waals surface area contributed by atoms with Crippen LogP contribution in [0.3, 0.4) is 0 Å². The zero-order chi connectivity index (χ0) is 22.5. The monoisotopic (exact) mass is 455 g/mol. The Morgan fingerprint density at radius 3 is 2.76 bits per heavy atom. The van der Waals surface area contributed by atoms with Crippen LogP contribution in [-0.4, -0.2) is 44.9 Å². The molecule has 2 aromatic heterocycles. The number of likely N-dealkylation sites (tertiary alicyclic amines) is 1. The van der Waals surface area contributed by atoms with Crippen molar-refractivity contribution in [2.24, 2.45) is 17.8 Å². The number of hydrogen-bond acceptors (Lipinski definition) is 6. The quantitative estimate of drug-likeness (QED) is 0.464. The van der Waals surface area contributed by atoms with Crippen LogP contribution in [-0.2, 0) is 0 Å². The number of nitrogens with one attached hydrogen (secondary N) is 1. The van der Waals surface area contributed by atoms with Gasteiger partial charge in [-0.3, -0.25) is 4.79 Å². The highest BCUT2D eigenvalue weighted by molar-refractivity contribution is 7.15. The Kier molecular flexibility index (Phi) is 4.87. The lowest BCUT2D eigenvalue weighted by Crippen LogP contribution is -2.43. The summed E-state index contributed by atoms with van der Waals surface area (Å²) in [6.45, 7) is 5.69. The van der Waals surface area contributed by atoms with Crippen LogP contribution in [0.15, 0.2) is 60.8 Å². The molecule has 4 aromatic rings. The van der Waals surface area contributed by atoms with Gasteiger partial charge in [0.25, 0.3) is 5.91 Å². The fourth-order valence-electron chi connectivity index (χ4n) is 5.30. The number of aromatic nitrogens is 3. The number of para-hydroxylation sites is 1. The van der Waals surface area contributed by atoms with Crippen molar-refractivity contribution in [3.05, 3.63) is 71.5 Å². The summed E-state index contributed by atoms with van der Waals surface area (Å²) < 4.78 is 0. The average Bonchev–Trinajstić information content (AvgIpc) is 3.16. The number of carbonyl (C=O) groups excluding carboxylic acids is 1. The molecule has 3 heterocycles. The van der Waals surface area contributed by atoms with Crippen molar-refractivity contribution in [1.29, 1.82) is 0 Å². The largest absolute Gasteiger partial charge is 0.352 e. The first-order valence-corrected chi connectivity index (χ1v) is 12.2.